The van der Waals surface area contributed by atoms with Crippen LogP contribution in [-0.4, -0.2) is 37.0 Å². The summed E-state index contributed by atoms with van der Waals surface area (Å²) >= 11 is 0. The highest BCUT2D eigenvalue weighted by atomic mass is 16.5. The first-order valence-electron chi connectivity index (χ1n) is 13.3. The first kappa shape index (κ1) is 28.0. The predicted octanol–water partition coefficient (Wildman–Crippen LogP) is 6.04. The third-order valence-electron chi connectivity index (χ3n) is 6.56. The summed E-state index contributed by atoms with van der Waals surface area (Å²) < 4.78 is 16.2. The Balaban J connectivity index is 1.18. The van der Waals surface area contributed by atoms with E-state index in [9.17, 15) is 19.2 Å². The van der Waals surface area contributed by atoms with Gasteiger partial charge in [-0.3, -0.25) is 9.59 Å². The molecule has 0 radical (unpaired) electrons. The Morgan fingerprint density at radius 2 is 1.50 bits per heavy atom. The Morgan fingerprint density at radius 1 is 0.810 bits per heavy atom. The molecule has 4 aromatic carbocycles. The second-order valence-corrected chi connectivity index (χ2v) is 9.43. The molecule has 1 heterocycles. The van der Waals surface area contributed by atoms with E-state index in [1.807, 2.05) is 42.5 Å². The van der Waals surface area contributed by atoms with Crippen molar-refractivity contribution in [3.8, 4) is 22.6 Å². The standard InChI is InChI=1S/C34H27NO7/c1-2-33(38)41-20-4-19-40-30-16-13-26-21-25(11-12-27(26)22-30)23-7-9-24(10-8-23)34(39)42-29-17-14-28(15-18-29)35-31(36)5-3-6-32(35)37/h2-3,5,7-18,21-22H,1,4,6,19-20H2. The second-order valence-electron chi connectivity index (χ2n) is 9.43. The van der Waals surface area contributed by atoms with Gasteiger partial charge in [-0.05, 0) is 76.5 Å². The summed E-state index contributed by atoms with van der Waals surface area (Å²) in [6.45, 7) is 4.06. The van der Waals surface area contributed by atoms with E-state index in [1.54, 1.807) is 36.4 Å². The summed E-state index contributed by atoms with van der Waals surface area (Å²) in [7, 11) is 0. The molecule has 0 bridgehead atoms. The van der Waals surface area contributed by atoms with Crippen LogP contribution >= 0.6 is 0 Å². The van der Waals surface area contributed by atoms with Gasteiger partial charge in [0.25, 0.3) is 5.91 Å². The molecule has 0 aromatic heterocycles. The molecule has 210 valence electrons. The number of hydrogen-bond acceptors (Lipinski definition) is 7. The van der Waals surface area contributed by atoms with E-state index in [-0.39, 0.29) is 18.9 Å². The number of benzene rings is 4. The van der Waals surface area contributed by atoms with Gasteiger partial charge in [-0.25, -0.2) is 14.5 Å². The summed E-state index contributed by atoms with van der Waals surface area (Å²) in [6, 6.07) is 25.3. The van der Waals surface area contributed by atoms with Gasteiger partial charge >= 0.3 is 11.9 Å². The zero-order valence-electron chi connectivity index (χ0n) is 22.7. The minimum Gasteiger partial charge on any atom is -0.493 e. The average Bonchev–Trinajstić information content (AvgIpc) is 3.01. The maximum absolute atomic E-state index is 12.7. The molecule has 0 unspecified atom stereocenters. The third-order valence-corrected chi connectivity index (χ3v) is 6.56. The lowest BCUT2D eigenvalue weighted by atomic mass is 10.00. The number of imide groups is 1. The monoisotopic (exact) mass is 561 g/mol. The molecule has 0 saturated heterocycles. The zero-order valence-corrected chi connectivity index (χ0v) is 22.7. The van der Waals surface area contributed by atoms with Crippen LogP contribution in [0.4, 0.5) is 5.69 Å². The summed E-state index contributed by atoms with van der Waals surface area (Å²) in [5.74, 6) is -0.650. The van der Waals surface area contributed by atoms with Gasteiger partial charge in [0.15, 0.2) is 0 Å². The minimum absolute atomic E-state index is 0.160. The molecule has 42 heavy (non-hydrogen) atoms. The lowest BCUT2D eigenvalue weighted by Gasteiger charge is -2.21. The van der Waals surface area contributed by atoms with Crippen LogP contribution in [0.15, 0.2) is 110 Å². The molecule has 0 N–H and O–H groups in total. The van der Waals surface area contributed by atoms with Crippen molar-refractivity contribution in [1.29, 1.82) is 0 Å². The predicted molar refractivity (Wildman–Crippen MR) is 158 cm³/mol. The number of carbonyl (C=O) groups is 4. The van der Waals surface area contributed by atoms with Gasteiger partial charge in [0.2, 0.25) is 5.91 Å². The Morgan fingerprint density at radius 3 is 2.24 bits per heavy atom. The quantitative estimate of drug-likeness (QED) is 0.0765. The topological polar surface area (TPSA) is 99.2 Å². The molecule has 8 nitrogen and oxygen atoms in total. The Hall–Kier alpha value is -5.50. The van der Waals surface area contributed by atoms with Crippen LogP contribution in [0.2, 0.25) is 0 Å². The number of amides is 2. The number of ether oxygens (including phenoxy) is 3. The molecule has 0 aliphatic carbocycles. The van der Waals surface area contributed by atoms with Crippen LogP contribution in [0.5, 0.6) is 11.5 Å². The van der Waals surface area contributed by atoms with Crippen molar-refractivity contribution in [2.75, 3.05) is 18.1 Å². The Labute approximate surface area is 242 Å². The van der Waals surface area contributed by atoms with Crippen LogP contribution in [0.3, 0.4) is 0 Å². The van der Waals surface area contributed by atoms with Crippen molar-refractivity contribution >= 4 is 40.2 Å². The van der Waals surface area contributed by atoms with Crippen molar-refractivity contribution < 1.29 is 33.4 Å². The maximum atomic E-state index is 12.7. The Bertz CT molecular complexity index is 1690. The molecular formula is C34H27NO7. The van der Waals surface area contributed by atoms with Gasteiger partial charge in [-0.1, -0.05) is 43.0 Å². The lowest BCUT2D eigenvalue weighted by Crippen LogP contribution is -2.37. The van der Waals surface area contributed by atoms with Gasteiger partial charge < -0.3 is 14.2 Å². The van der Waals surface area contributed by atoms with E-state index < -0.39 is 17.8 Å². The van der Waals surface area contributed by atoms with Crippen LogP contribution in [-0.2, 0) is 19.1 Å². The van der Waals surface area contributed by atoms with Gasteiger partial charge in [-0.2, -0.15) is 0 Å². The molecule has 0 spiro atoms. The smallest absolute Gasteiger partial charge is 0.343 e. The Kier molecular flexibility index (Phi) is 8.53. The lowest BCUT2D eigenvalue weighted by molar-refractivity contribution is -0.138. The first-order valence-corrected chi connectivity index (χ1v) is 13.3. The minimum atomic E-state index is -0.521. The van der Waals surface area contributed by atoms with Crippen LogP contribution in [0.25, 0.3) is 21.9 Å². The molecule has 4 aromatic rings. The fraction of sp³-hybridized carbons (Fsp3) is 0.118. The normalized spacial score (nSPS) is 12.7. The molecule has 0 atom stereocenters. The maximum Gasteiger partial charge on any atom is 0.343 e. The van der Waals surface area contributed by atoms with E-state index in [0.717, 1.165) is 38.6 Å². The van der Waals surface area contributed by atoms with Gasteiger partial charge in [0.05, 0.1) is 24.5 Å². The van der Waals surface area contributed by atoms with E-state index in [1.165, 1.54) is 12.2 Å². The number of anilines is 1. The molecule has 0 saturated carbocycles. The zero-order chi connectivity index (χ0) is 29.5. The molecule has 1 aliphatic rings. The molecule has 2 amide bonds. The molecule has 0 fully saturated rings. The summed E-state index contributed by atoms with van der Waals surface area (Å²) in [6.07, 6.45) is 4.77. The fourth-order valence-electron chi connectivity index (χ4n) is 4.42. The number of hydrogen-bond donors (Lipinski definition) is 0. The van der Waals surface area contributed by atoms with Crippen molar-refractivity contribution in [2.24, 2.45) is 0 Å². The number of rotatable bonds is 10. The van der Waals surface area contributed by atoms with E-state index in [4.69, 9.17) is 14.2 Å². The highest BCUT2D eigenvalue weighted by Gasteiger charge is 2.24. The average molecular weight is 562 g/mol. The molecule has 1 aliphatic heterocycles. The van der Waals surface area contributed by atoms with Gasteiger partial charge in [0, 0.05) is 25.0 Å². The van der Waals surface area contributed by atoms with Crippen LogP contribution in [0.1, 0.15) is 23.2 Å². The summed E-state index contributed by atoms with van der Waals surface area (Å²) in [5, 5.41) is 2.06. The molecule has 8 heteroatoms. The number of carbonyl (C=O) groups excluding carboxylic acids is 4. The SMILES string of the molecule is C=CC(=O)OCCCOc1ccc2cc(-c3ccc(C(=O)Oc4ccc(N5C(=O)C=CCC5=O)cc4)cc3)ccc2c1. The van der Waals surface area contributed by atoms with Gasteiger partial charge in [0.1, 0.15) is 11.5 Å². The fourth-order valence-corrected chi connectivity index (χ4v) is 4.42. The number of fused-ring (bicyclic) bond motifs is 1. The first-order chi connectivity index (χ1) is 20.4. The van der Waals surface area contributed by atoms with E-state index >= 15 is 0 Å². The van der Waals surface area contributed by atoms with Gasteiger partial charge in [-0.15, -0.1) is 0 Å². The van der Waals surface area contributed by atoms with E-state index in [2.05, 4.69) is 12.6 Å². The van der Waals surface area contributed by atoms with Crippen molar-refractivity contribution in [2.45, 2.75) is 12.8 Å². The largest absolute Gasteiger partial charge is 0.493 e. The third kappa shape index (κ3) is 6.62. The highest BCUT2D eigenvalue weighted by Crippen LogP contribution is 2.28. The summed E-state index contributed by atoms with van der Waals surface area (Å²) in [5.41, 5.74) is 2.74. The van der Waals surface area contributed by atoms with Crippen molar-refractivity contribution in [3.63, 3.8) is 0 Å². The number of esters is 2. The number of nitrogens with zero attached hydrogens (tertiary/aromatic N) is 1. The molecular weight excluding hydrogens is 534 g/mol. The second kappa shape index (κ2) is 12.8. The van der Waals surface area contributed by atoms with Crippen LogP contribution < -0.4 is 14.4 Å². The van der Waals surface area contributed by atoms with Crippen molar-refractivity contribution in [3.05, 3.63) is 115 Å². The summed E-state index contributed by atoms with van der Waals surface area (Å²) in [4.78, 5) is 49.0. The molecule has 5 rings (SSSR count). The highest BCUT2D eigenvalue weighted by molar-refractivity contribution is 6.21. The van der Waals surface area contributed by atoms with E-state index in [0.29, 0.717) is 30.0 Å². The van der Waals surface area contributed by atoms with Crippen LogP contribution in [0, 0.1) is 0 Å². The van der Waals surface area contributed by atoms with Crippen molar-refractivity contribution in [1.82, 2.24) is 0 Å².